The number of hydrogen-bond acceptors (Lipinski definition) is 3. The minimum Gasteiger partial charge on any atom is -0.396 e. The van der Waals surface area contributed by atoms with Crippen molar-refractivity contribution < 1.29 is 10.2 Å². The summed E-state index contributed by atoms with van der Waals surface area (Å²) in [6.07, 6.45) is 29.3. The molecule has 0 aliphatic rings. The molecule has 0 amide bonds. The van der Waals surface area contributed by atoms with Crippen LogP contribution in [0.15, 0.2) is 0 Å². The summed E-state index contributed by atoms with van der Waals surface area (Å²) in [4.78, 5) is 0. The van der Waals surface area contributed by atoms with Crippen LogP contribution < -0.4 is 5.32 Å². The van der Waals surface area contributed by atoms with Crippen LogP contribution in [0.4, 0.5) is 0 Å². The Kier molecular flexibility index (Phi) is 27.8. The molecule has 0 aliphatic carbocycles. The van der Waals surface area contributed by atoms with Crippen molar-refractivity contribution in [2.75, 3.05) is 26.3 Å². The van der Waals surface area contributed by atoms with Gasteiger partial charge in [-0.1, -0.05) is 116 Å². The summed E-state index contributed by atoms with van der Waals surface area (Å²) in [6.45, 7) is 3.11. The van der Waals surface area contributed by atoms with E-state index in [4.69, 9.17) is 10.2 Å². The molecule has 0 spiro atoms. The van der Waals surface area contributed by atoms with Crippen LogP contribution >= 0.6 is 0 Å². The zero-order valence-corrected chi connectivity index (χ0v) is 19.8. The van der Waals surface area contributed by atoms with Crippen molar-refractivity contribution in [2.24, 2.45) is 0 Å². The van der Waals surface area contributed by atoms with Crippen LogP contribution in [0.5, 0.6) is 0 Å². The number of nitrogens with one attached hydrogen (secondary N) is 1. The van der Waals surface area contributed by atoms with Gasteiger partial charge in [0.05, 0.1) is 0 Å². The average Bonchev–Trinajstić information content (AvgIpc) is 2.74. The van der Waals surface area contributed by atoms with Crippen LogP contribution in [0, 0.1) is 0 Å². The predicted molar refractivity (Wildman–Crippen MR) is 129 cm³/mol. The van der Waals surface area contributed by atoms with E-state index in [2.05, 4.69) is 5.32 Å². The van der Waals surface area contributed by atoms with Crippen LogP contribution in [0.2, 0.25) is 0 Å². The van der Waals surface area contributed by atoms with Crippen molar-refractivity contribution in [3.63, 3.8) is 0 Å². The van der Waals surface area contributed by atoms with Gasteiger partial charge >= 0.3 is 0 Å². The van der Waals surface area contributed by atoms with Crippen molar-refractivity contribution in [2.45, 2.75) is 141 Å². The Morgan fingerprint density at radius 1 is 0.276 bits per heavy atom. The van der Waals surface area contributed by atoms with Gasteiger partial charge in [0.1, 0.15) is 0 Å². The molecule has 0 atom stereocenters. The maximum absolute atomic E-state index is 8.74. The van der Waals surface area contributed by atoms with E-state index in [0.717, 1.165) is 12.8 Å². The van der Waals surface area contributed by atoms with E-state index >= 15 is 0 Å². The maximum atomic E-state index is 8.74. The third-order valence-corrected chi connectivity index (χ3v) is 6.02. The monoisotopic (exact) mass is 413 g/mol. The molecule has 0 saturated carbocycles. The molecule has 3 N–H and O–H groups in total. The van der Waals surface area contributed by atoms with Crippen LogP contribution in [-0.2, 0) is 0 Å². The Hall–Kier alpha value is -0.120. The number of aliphatic hydroxyl groups excluding tert-OH is 2. The van der Waals surface area contributed by atoms with Gasteiger partial charge < -0.3 is 15.5 Å². The SMILES string of the molecule is OCCCCCCCCCCCCCCCCCCNCCCCCCCCO. The molecular formula is C26H55NO2. The van der Waals surface area contributed by atoms with Gasteiger partial charge in [0.25, 0.3) is 0 Å². The fourth-order valence-corrected chi connectivity index (χ4v) is 4.03. The summed E-state index contributed by atoms with van der Waals surface area (Å²) in [5.74, 6) is 0. The lowest BCUT2D eigenvalue weighted by atomic mass is 10.0. The van der Waals surface area contributed by atoms with Crippen LogP contribution in [0.25, 0.3) is 0 Å². The Morgan fingerprint density at radius 3 is 0.724 bits per heavy atom. The van der Waals surface area contributed by atoms with Crippen LogP contribution in [0.3, 0.4) is 0 Å². The molecule has 0 fully saturated rings. The maximum Gasteiger partial charge on any atom is 0.0431 e. The Balaban J connectivity index is 2.97. The summed E-state index contributed by atoms with van der Waals surface area (Å²) in [7, 11) is 0. The molecule has 0 aliphatic heterocycles. The average molecular weight is 414 g/mol. The highest BCUT2D eigenvalue weighted by Gasteiger charge is 1.95. The van der Waals surface area contributed by atoms with E-state index in [9.17, 15) is 0 Å². The first-order valence-corrected chi connectivity index (χ1v) is 13.3. The summed E-state index contributed by atoms with van der Waals surface area (Å²) in [6, 6.07) is 0. The first kappa shape index (κ1) is 28.9. The normalized spacial score (nSPS) is 11.4. The van der Waals surface area contributed by atoms with Gasteiger partial charge in [-0.15, -0.1) is 0 Å². The minimum absolute atomic E-state index is 0.357. The lowest BCUT2D eigenvalue weighted by Gasteiger charge is -2.05. The highest BCUT2D eigenvalue weighted by atomic mass is 16.3. The van der Waals surface area contributed by atoms with Gasteiger partial charge in [-0.2, -0.15) is 0 Å². The summed E-state index contributed by atoms with van der Waals surface area (Å²) < 4.78 is 0. The molecule has 0 bridgehead atoms. The quantitative estimate of drug-likeness (QED) is 0.132. The van der Waals surface area contributed by atoms with E-state index in [1.165, 1.54) is 142 Å². The van der Waals surface area contributed by atoms with Gasteiger partial charge in [-0.25, -0.2) is 0 Å². The first-order valence-electron chi connectivity index (χ1n) is 13.3. The first-order chi connectivity index (χ1) is 14.4. The Labute approximate surface area is 183 Å². The smallest absolute Gasteiger partial charge is 0.0431 e. The molecule has 0 heterocycles. The second-order valence-electron chi connectivity index (χ2n) is 8.98. The second kappa shape index (κ2) is 27.9. The highest BCUT2D eigenvalue weighted by Crippen LogP contribution is 2.13. The molecule has 3 nitrogen and oxygen atoms in total. The third kappa shape index (κ3) is 27.9. The number of aliphatic hydroxyl groups is 2. The molecule has 3 heteroatoms. The van der Waals surface area contributed by atoms with Crippen molar-refractivity contribution in [3.05, 3.63) is 0 Å². The zero-order valence-electron chi connectivity index (χ0n) is 19.8. The van der Waals surface area contributed by atoms with Crippen molar-refractivity contribution in [3.8, 4) is 0 Å². The van der Waals surface area contributed by atoms with E-state index in [1.54, 1.807) is 0 Å². The van der Waals surface area contributed by atoms with Gasteiger partial charge in [0, 0.05) is 13.2 Å². The highest BCUT2D eigenvalue weighted by molar-refractivity contribution is 4.53. The number of unbranched alkanes of at least 4 members (excludes halogenated alkanes) is 20. The van der Waals surface area contributed by atoms with Gasteiger partial charge in [0.15, 0.2) is 0 Å². The largest absolute Gasteiger partial charge is 0.396 e. The van der Waals surface area contributed by atoms with Crippen molar-refractivity contribution >= 4 is 0 Å². The topological polar surface area (TPSA) is 52.5 Å². The second-order valence-corrected chi connectivity index (χ2v) is 8.98. The van der Waals surface area contributed by atoms with Gasteiger partial charge in [0.2, 0.25) is 0 Å². The lowest BCUT2D eigenvalue weighted by Crippen LogP contribution is -2.16. The molecule has 29 heavy (non-hydrogen) atoms. The number of rotatable bonds is 26. The molecule has 0 rings (SSSR count). The van der Waals surface area contributed by atoms with Crippen LogP contribution in [0.1, 0.15) is 141 Å². The molecule has 0 aromatic rings. The fraction of sp³-hybridized carbons (Fsp3) is 1.00. The summed E-state index contributed by atoms with van der Waals surface area (Å²) >= 11 is 0. The van der Waals surface area contributed by atoms with E-state index in [0.29, 0.717) is 13.2 Å². The zero-order chi connectivity index (χ0) is 21.1. The lowest BCUT2D eigenvalue weighted by molar-refractivity contribution is 0.282. The minimum atomic E-state index is 0.357. The van der Waals surface area contributed by atoms with Crippen LogP contribution in [-0.4, -0.2) is 36.5 Å². The van der Waals surface area contributed by atoms with E-state index in [1.807, 2.05) is 0 Å². The molecule has 0 aromatic heterocycles. The summed E-state index contributed by atoms with van der Waals surface area (Å²) in [5.41, 5.74) is 0. The molecule has 176 valence electrons. The standard InChI is InChI=1S/C26H55NO2/c28-25-21-17-13-10-8-6-4-2-1-3-5-7-9-11-15-19-23-27-24-20-16-12-14-18-22-26-29/h27-29H,1-26H2. The molecule has 0 radical (unpaired) electrons. The van der Waals surface area contributed by atoms with Gasteiger partial charge in [-0.3, -0.25) is 0 Å². The van der Waals surface area contributed by atoms with Crippen molar-refractivity contribution in [1.29, 1.82) is 0 Å². The number of hydrogen-bond donors (Lipinski definition) is 3. The Bertz CT molecular complexity index is 247. The van der Waals surface area contributed by atoms with Gasteiger partial charge in [-0.05, 0) is 38.8 Å². The fourth-order valence-electron chi connectivity index (χ4n) is 4.03. The summed E-state index contributed by atoms with van der Waals surface area (Å²) in [5, 5.41) is 21.1. The Morgan fingerprint density at radius 2 is 0.483 bits per heavy atom. The molecule has 0 aromatic carbocycles. The molecule has 0 saturated heterocycles. The van der Waals surface area contributed by atoms with E-state index < -0.39 is 0 Å². The molecular weight excluding hydrogens is 358 g/mol. The third-order valence-electron chi connectivity index (χ3n) is 6.02. The van der Waals surface area contributed by atoms with Crippen molar-refractivity contribution in [1.82, 2.24) is 5.32 Å². The predicted octanol–water partition coefficient (Wildman–Crippen LogP) is 7.14. The molecule has 0 unspecified atom stereocenters. The van der Waals surface area contributed by atoms with E-state index in [-0.39, 0.29) is 0 Å².